The molecule has 0 spiro atoms. The summed E-state index contributed by atoms with van der Waals surface area (Å²) in [5.41, 5.74) is 2.48. The number of ether oxygens (including phenoxy) is 1. The molecule has 0 fully saturated rings. The molecule has 0 aromatic carbocycles. The molecule has 19 heavy (non-hydrogen) atoms. The van der Waals surface area contributed by atoms with Crippen molar-refractivity contribution in [3.63, 3.8) is 0 Å². The lowest BCUT2D eigenvalue weighted by atomic mass is 10.1. The molecule has 1 N–H and O–H groups in total. The van der Waals surface area contributed by atoms with Crippen molar-refractivity contribution in [1.29, 1.82) is 0 Å². The Morgan fingerprint density at radius 1 is 1.26 bits per heavy atom. The van der Waals surface area contributed by atoms with E-state index in [9.17, 15) is 0 Å². The highest BCUT2D eigenvalue weighted by Gasteiger charge is 2.10. The zero-order valence-corrected chi connectivity index (χ0v) is 13.2. The van der Waals surface area contributed by atoms with Gasteiger partial charge in [-0.15, -0.1) is 0 Å². The van der Waals surface area contributed by atoms with Gasteiger partial charge in [0.2, 0.25) is 5.88 Å². The van der Waals surface area contributed by atoms with Crippen LogP contribution in [0.4, 0.5) is 0 Å². The average Bonchev–Trinajstić information content (AvgIpc) is 2.24. The summed E-state index contributed by atoms with van der Waals surface area (Å²) < 4.78 is 5.73. The van der Waals surface area contributed by atoms with E-state index in [0.717, 1.165) is 31.0 Å². The maximum absolute atomic E-state index is 5.73. The molecule has 1 rings (SSSR count). The van der Waals surface area contributed by atoms with Crippen LogP contribution in [0.1, 0.15) is 59.2 Å². The van der Waals surface area contributed by atoms with Gasteiger partial charge in [0.25, 0.3) is 0 Å². The van der Waals surface area contributed by atoms with Gasteiger partial charge in [-0.25, -0.2) is 4.98 Å². The number of aromatic nitrogens is 1. The van der Waals surface area contributed by atoms with Crippen LogP contribution in [0.25, 0.3) is 0 Å². The molecule has 0 bridgehead atoms. The Hall–Kier alpha value is -1.09. The topological polar surface area (TPSA) is 34.1 Å². The summed E-state index contributed by atoms with van der Waals surface area (Å²) in [4.78, 5) is 4.56. The third-order valence-electron chi connectivity index (χ3n) is 2.60. The summed E-state index contributed by atoms with van der Waals surface area (Å²) in [7, 11) is 0. The van der Waals surface area contributed by atoms with E-state index in [4.69, 9.17) is 4.74 Å². The van der Waals surface area contributed by atoms with Crippen molar-refractivity contribution in [1.82, 2.24) is 10.3 Å². The van der Waals surface area contributed by atoms with Crippen molar-refractivity contribution in [2.45, 2.75) is 72.6 Å². The van der Waals surface area contributed by atoms with Crippen LogP contribution in [-0.2, 0) is 13.0 Å². The van der Waals surface area contributed by atoms with Crippen molar-refractivity contribution in [3.8, 4) is 5.88 Å². The number of nitrogens with one attached hydrogen (secondary N) is 1. The van der Waals surface area contributed by atoms with Gasteiger partial charge >= 0.3 is 0 Å². The van der Waals surface area contributed by atoms with Crippen LogP contribution >= 0.6 is 0 Å². The second kappa shape index (κ2) is 6.90. The van der Waals surface area contributed by atoms with Gasteiger partial charge in [0, 0.05) is 23.8 Å². The lowest BCUT2D eigenvalue weighted by Gasteiger charge is -2.21. The first-order valence-electron chi connectivity index (χ1n) is 7.21. The molecule has 0 saturated carbocycles. The summed E-state index contributed by atoms with van der Waals surface area (Å²) >= 11 is 0. The number of aryl methyl sites for hydroxylation is 1. The first-order valence-corrected chi connectivity index (χ1v) is 7.21. The van der Waals surface area contributed by atoms with Gasteiger partial charge in [0.05, 0.1) is 6.10 Å². The van der Waals surface area contributed by atoms with E-state index in [1.165, 1.54) is 5.56 Å². The van der Waals surface area contributed by atoms with E-state index in [0.29, 0.717) is 0 Å². The van der Waals surface area contributed by atoms with Crippen LogP contribution in [0.15, 0.2) is 12.1 Å². The molecule has 0 atom stereocenters. The van der Waals surface area contributed by atoms with Crippen LogP contribution < -0.4 is 10.1 Å². The first-order chi connectivity index (χ1) is 8.80. The Morgan fingerprint density at radius 2 is 1.95 bits per heavy atom. The monoisotopic (exact) mass is 264 g/mol. The molecule has 0 aliphatic heterocycles. The van der Waals surface area contributed by atoms with Gasteiger partial charge in [-0.1, -0.05) is 13.3 Å². The molecule has 0 aliphatic rings. The molecule has 3 heteroatoms. The maximum atomic E-state index is 5.73. The SMILES string of the molecule is CCCc1cc(CNC(C)(C)C)cc(OC(C)C)n1. The van der Waals surface area contributed by atoms with Gasteiger partial charge in [-0.3, -0.25) is 0 Å². The molecule has 1 heterocycles. The molecule has 108 valence electrons. The van der Waals surface area contributed by atoms with Crippen molar-refractivity contribution in [3.05, 3.63) is 23.4 Å². The van der Waals surface area contributed by atoms with E-state index in [-0.39, 0.29) is 11.6 Å². The maximum Gasteiger partial charge on any atom is 0.214 e. The number of nitrogens with zero attached hydrogens (tertiary/aromatic N) is 1. The molecule has 0 saturated heterocycles. The fraction of sp³-hybridized carbons (Fsp3) is 0.688. The predicted octanol–water partition coefficient (Wildman–Crippen LogP) is 3.71. The highest BCUT2D eigenvalue weighted by atomic mass is 16.5. The lowest BCUT2D eigenvalue weighted by molar-refractivity contribution is 0.231. The number of hydrogen-bond acceptors (Lipinski definition) is 3. The molecule has 3 nitrogen and oxygen atoms in total. The third kappa shape index (κ3) is 6.58. The quantitative estimate of drug-likeness (QED) is 0.850. The summed E-state index contributed by atoms with van der Waals surface area (Å²) in [6, 6.07) is 4.22. The van der Waals surface area contributed by atoms with Crippen molar-refractivity contribution in [2.75, 3.05) is 0 Å². The number of hydrogen-bond donors (Lipinski definition) is 1. The summed E-state index contributed by atoms with van der Waals surface area (Å²) in [6.07, 6.45) is 2.26. The Kier molecular flexibility index (Phi) is 5.80. The van der Waals surface area contributed by atoms with E-state index in [1.54, 1.807) is 0 Å². The summed E-state index contributed by atoms with van der Waals surface area (Å²) in [5, 5.41) is 3.50. The van der Waals surface area contributed by atoms with Crippen molar-refractivity contribution < 1.29 is 4.74 Å². The zero-order valence-electron chi connectivity index (χ0n) is 13.2. The Balaban J connectivity index is 2.86. The molecule has 0 unspecified atom stereocenters. The van der Waals surface area contributed by atoms with E-state index >= 15 is 0 Å². The van der Waals surface area contributed by atoms with Gasteiger partial charge in [0.15, 0.2) is 0 Å². The van der Waals surface area contributed by atoms with Crippen LogP contribution in [0, 0.1) is 0 Å². The number of pyridine rings is 1. The minimum atomic E-state index is 0.118. The molecule has 0 aliphatic carbocycles. The Bertz CT molecular complexity index is 394. The minimum absolute atomic E-state index is 0.118. The van der Waals surface area contributed by atoms with Crippen LogP contribution in [0.2, 0.25) is 0 Å². The second-order valence-electron chi connectivity index (χ2n) is 6.33. The summed E-state index contributed by atoms with van der Waals surface area (Å²) in [6.45, 7) is 13.6. The third-order valence-corrected chi connectivity index (χ3v) is 2.60. The lowest BCUT2D eigenvalue weighted by Crippen LogP contribution is -2.35. The van der Waals surface area contributed by atoms with Crippen LogP contribution in [0.5, 0.6) is 5.88 Å². The van der Waals surface area contributed by atoms with Crippen LogP contribution in [0.3, 0.4) is 0 Å². The number of rotatable bonds is 6. The molecular formula is C16H28N2O. The highest BCUT2D eigenvalue weighted by Crippen LogP contribution is 2.16. The van der Waals surface area contributed by atoms with Gasteiger partial charge in [0.1, 0.15) is 0 Å². The van der Waals surface area contributed by atoms with Gasteiger partial charge in [-0.05, 0) is 52.7 Å². The molecule has 0 radical (unpaired) electrons. The largest absolute Gasteiger partial charge is 0.475 e. The van der Waals surface area contributed by atoms with Gasteiger partial charge in [-0.2, -0.15) is 0 Å². The predicted molar refractivity (Wildman–Crippen MR) is 80.6 cm³/mol. The Morgan fingerprint density at radius 3 is 2.47 bits per heavy atom. The first kappa shape index (κ1) is 16.0. The highest BCUT2D eigenvalue weighted by molar-refractivity contribution is 5.25. The zero-order chi connectivity index (χ0) is 14.5. The molecule has 1 aromatic heterocycles. The van der Waals surface area contributed by atoms with E-state index < -0.39 is 0 Å². The van der Waals surface area contributed by atoms with Crippen molar-refractivity contribution >= 4 is 0 Å². The van der Waals surface area contributed by atoms with Crippen molar-refractivity contribution in [2.24, 2.45) is 0 Å². The summed E-state index contributed by atoms with van der Waals surface area (Å²) in [5.74, 6) is 0.742. The van der Waals surface area contributed by atoms with Gasteiger partial charge < -0.3 is 10.1 Å². The van der Waals surface area contributed by atoms with Crippen LogP contribution in [-0.4, -0.2) is 16.6 Å². The minimum Gasteiger partial charge on any atom is -0.475 e. The smallest absolute Gasteiger partial charge is 0.214 e. The Labute approximate surface area is 117 Å². The van der Waals surface area contributed by atoms with E-state index in [1.807, 2.05) is 19.9 Å². The van der Waals surface area contributed by atoms with E-state index in [2.05, 4.69) is 44.1 Å². The fourth-order valence-electron chi connectivity index (χ4n) is 1.78. The molecular weight excluding hydrogens is 236 g/mol. The average molecular weight is 264 g/mol. The second-order valence-corrected chi connectivity index (χ2v) is 6.33. The molecule has 1 aromatic rings. The fourth-order valence-corrected chi connectivity index (χ4v) is 1.78. The standard InChI is InChI=1S/C16H28N2O/c1-7-8-14-9-13(11-17-16(4,5)6)10-15(18-14)19-12(2)3/h9-10,12,17H,7-8,11H2,1-6H3. The molecule has 0 amide bonds. The normalized spacial score (nSPS) is 11.9.